The highest BCUT2D eigenvalue weighted by Crippen LogP contribution is 2.13. The molecule has 0 nitrogen and oxygen atoms in total. The van der Waals surface area contributed by atoms with Gasteiger partial charge >= 0.3 is 0 Å². The third kappa shape index (κ3) is 4.17. The molecule has 0 bridgehead atoms. The first-order valence-electron chi connectivity index (χ1n) is 3.62. The lowest BCUT2D eigenvalue weighted by Crippen LogP contribution is -1.88. The van der Waals surface area contributed by atoms with E-state index in [1.807, 2.05) is 0 Å². The van der Waals surface area contributed by atoms with Crippen molar-refractivity contribution < 1.29 is 0 Å². The van der Waals surface area contributed by atoms with Crippen molar-refractivity contribution in [1.82, 2.24) is 0 Å². The fourth-order valence-corrected chi connectivity index (χ4v) is 0.979. The summed E-state index contributed by atoms with van der Waals surface area (Å²) >= 11 is 0. The number of hydrogen-bond acceptors (Lipinski definition) is 0. The van der Waals surface area contributed by atoms with Crippen LogP contribution in [0.1, 0.15) is 46.5 Å². The van der Waals surface area contributed by atoms with Crippen LogP contribution in [0, 0.1) is 5.92 Å². The van der Waals surface area contributed by atoms with Gasteiger partial charge in [-0.1, -0.05) is 26.7 Å². The fourth-order valence-electron chi connectivity index (χ4n) is 0.979. The molecule has 0 saturated heterocycles. The lowest BCUT2D eigenvalue weighted by Gasteiger charge is -2.21. The predicted octanol–water partition coefficient (Wildman–Crippen LogP) is 3.18. The molecule has 0 amide bonds. The van der Waals surface area contributed by atoms with E-state index in [1.54, 1.807) is 5.92 Å². The first-order chi connectivity index (χ1) is 3.81. The summed E-state index contributed by atoms with van der Waals surface area (Å²) in [7, 11) is 0. The molecular formula is C8H17-. The Morgan fingerprint density at radius 1 is 1.00 bits per heavy atom. The normalized spacial score (nSPS) is 10.5. The van der Waals surface area contributed by atoms with Gasteiger partial charge in [0, 0.05) is 0 Å². The molecule has 0 aliphatic rings. The molecule has 8 heavy (non-hydrogen) atoms. The van der Waals surface area contributed by atoms with E-state index < -0.39 is 0 Å². The molecule has 0 aromatic heterocycles. The molecule has 0 radical (unpaired) electrons. The van der Waals surface area contributed by atoms with Crippen LogP contribution in [-0.4, -0.2) is 0 Å². The Morgan fingerprint density at radius 2 is 1.38 bits per heavy atom. The van der Waals surface area contributed by atoms with Crippen molar-refractivity contribution >= 4 is 0 Å². The van der Waals surface area contributed by atoms with Gasteiger partial charge in [-0.25, -0.2) is 0 Å². The van der Waals surface area contributed by atoms with E-state index in [2.05, 4.69) is 20.8 Å². The first kappa shape index (κ1) is 8.00. The first-order valence-corrected chi connectivity index (χ1v) is 3.62. The van der Waals surface area contributed by atoms with E-state index in [9.17, 15) is 0 Å². The maximum Gasteiger partial charge on any atom is -0.0678 e. The smallest absolute Gasteiger partial charge is 0.0678 e. The summed E-state index contributed by atoms with van der Waals surface area (Å²) in [4.78, 5) is 0. The van der Waals surface area contributed by atoms with E-state index in [0.717, 1.165) is 0 Å². The van der Waals surface area contributed by atoms with Crippen molar-refractivity contribution in [2.24, 2.45) is 0 Å². The van der Waals surface area contributed by atoms with E-state index in [4.69, 9.17) is 0 Å². The van der Waals surface area contributed by atoms with Crippen LogP contribution < -0.4 is 0 Å². The molecule has 0 heteroatoms. The van der Waals surface area contributed by atoms with Crippen LogP contribution in [-0.2, 0) is 0 Å². The van der Waals surface area contributed by atoms with E-state index in [0.29, 0.717) is 0 Å². The minimum absolute atomic E-state index is 1.31. The van der Waals surface area contributed by atoms with Gasteiger partial charge < -0.3 is 5.92 Å². The molecule has 0 saturated carbocycles. The fraction of sp³-hybridized carbons (Fsp3) is 0.875. The summed E-state index contributed by atoms with van der Waals surface area (Å²) in [6.45, 7) is 6.73. The van der Waals surface area contributed by atoms with Crippen molar-refractivity contribution in [2.45, 2.75) is 46.5 Å². The Labute approximate surface area is 53.3 Å². The van der Waals surface area contributed by atoms with E-state index >= 15 is 0 Å². The lowest BCUT2D eigenvalue weighted by atomic mass is 10.0. The zero-order valence-corrected chi connectivity index (χ0v) is 6.33. The third-order valence-electron chi connectivity index (χ3n) is 1.35. The van der Waals surface area contributed by atoms with Gasteiger partial charge in [-0.2, -0.15) is 19.8 Å². The van der Waals surface area contributed by atoms with Crippen molar-refractivity contribution in [3.8, 4) is 0 Å². The van der Waals surface area contributed by atoms with Crippen molar-refractivity contribution in [3.05, 3.63) is 5.92 Å². The van der Waals surface area contributed by atoms with Gasteiger partial charge in [0.15, 0.2) is 0 Å². The average Bonchev–Trinajstić information content (AvgIpc) is 1.68. The minimum atomic E-state index is 1.31. The summed E-state index contributed by atoms with van der Waals surface area (Å²) in [6, 6.07) is 0. The van der Waals surface area contributed by atoms with Gasteiger partial charge in [0.25, 0.3) is 0 Å². The zero-order valence-electron chi connectivity index (χ0n) is 6.33. The maximum absolute atomic E-state index is 2.26. The molecule has 0 aliphatic heterocycles. The van der Waals surface area contributed by atoms with Crippen molar-refractivity contribution in [2.75, 3.05) is 0 Å². The van der Waals surface area contributed by atoms with Crippen LogP contribution in [0.5, 0.6) is 0 Å². The lowest BCUT2D eigenvalue weighted by molar-refractivity contribution is 0.700. The second-order valence-electron chi connectivity index (χ2n) is 2.46. The topological polar surface area (TPSA) is 0 Å². The summed E-state index contributed by atoms with van der Waals surface area (Å²) in [6.07, 6.45) is 5.28. The molecular weight excluding hydrogens is 96.1 g/mol. The second kappa shape index (κ2) is 5.14. The van der Waals surface area contributed by atoms with Crippen LogP contribution in [0.3, 0.4) is 0 Å². The van der Waals surface area contributed by atoms with E-state index in [-0.39, 0.29) is 0 Å². The second-order valence-corrected chi connectivity index (χ2v) is 2.46. The number of hydrogen-bond donors (Lipinski definition) is 0. The third-order valence-corrected chi connectivity index (χ3v) is 1.35. The Kier molecular flexibility index (Phi) is 5.14. The standard InChI is InChI=1S/C8H17/c1-4-6-8(3)7-5-2/h4-7H2,1-3H3/q-1. The average molecular weight is 113 g/mol. The highest BCUT2D eigenvalue weighted by molar-refractivity contribution is 4.81. The molecule has 0 N–H and O–H groups in total. The molecule has 0 spiro atoms. The quantitative estimate of drug-likeness (QED) is 0.491. The van der Waals surface area contributed by atoms with Crippen LogP contribution in [0.15, 0.2) is 0 Å². The molecule has 0 aromatic rings. The summed E-state index contributed by atoms with van der Waals surface area (Å²) in [5.74, 6) is 1.66. The van der Waals surface area contributed by atoms with Crippen molar-refractivity contribution in [1.29, 1.82) is 0 Å². The largest absolute Gasteiger partial charge is 0.317 e. The van der Waals surface area contributed by atoms with E-state index in [1.165, 1.54) is 25.7 Å². The van der Waals surface area contributed by atoms with Gasteiger partial charge in [0.2, 0.25) is 0 Å². The Bertz CT molecular complexity index is 33.3. The molecule has 0 aromatic carbocycles. The van der Waals surface area contributed by atoms with Gasteiger partial charge in [0.05, 0.1) is 0 Å². The molecule has 0 heterocycles. The van der Waals surface area contributed by atoms with Gasteiger partial charge in [-0.3, -0.25) is 0 Å². The number of rotatable bonds is 4. The monoisotopic (exact) mass is 113 g/mol. The Hall–Kier alpha value is 0. The highest BCUT2D eigenvalue weighted by atomic mass is 14.0. The molecule has 0 atom stereocenters. The predicted molar refractivity (Wildman–Crippen MR) is 38.7 cm³/mol. The SMILES string of the molecule is CCC[C-](C)CCC. The highest BCUT2D eigenvalue weighted by Gasteiger charge is 1.81. The molecule has 0 rings (SSSR count). The molecule has 0 fully saturated rings. The van der Waals surface area contributed by atoms with Crippen LogP contribution in [0.4, 0.5) is 0 Å². The minimum Gasteiger partial charge on any atom is -0.317 e. The van der Waals surface area contributed by atoms with Gasteiger partial charge in [-0.05, 0) is 0 Å². The van der Waals surface area contributed by atoms with Crippen LogP contribution in [0.25, 0.3) is 0 Å². The van der Waals surface area contributed by atoms with Crippen molar-refractivity contribution in [3.63, 3.8) is 0 Å². The molecule has 50 valence electrons. The zero-order chi connectivity index (χ0) is 6.41. The maximum atomic E-state index is 2.26. The van der Waals surface area contributed by atoms with Gasteiger partial charge in [0.1, 0.15) is 0 Å². The van der Waals surface area contributed by atoms with Gasteiger partial charge in [-0.15, -0.1) is 0 Å². The Balaban J connectivity index is 2.92. The summed E-state index contributed by atoms with van der Waals surface area (Å²) in [5, 5.41) is 0. The van der Waals surface area contributed by atoms with Crippen LogP contribution >= 0.6 is 0 Å². The molecule has 0 aliphatic carbocycles. The summed E-state index contributed by atoms with van der Waals surface area (Å²) in [5.41, 5.74) is 0. The summed E-state index contributed by atoms with van der Waals surface area (Å²) < 4.78 is 0. The molecule has 0 unspecified atom stereocenters. The Morgan fingerprint density at radius 3 is 1.62 bits per heavy atom. The van der Waals surface area contributed by atoms with Crippen LogP contribution in [0.2, 0.25) is 0 Å².